The number of hydrogen-bond acceptors (Lipinski definition) is 6. The van der Waals surface area contributed by atoms with Crippen molar-refractivity contribution < 1.29 is 22.6 Å². The molecule has 0 heterocycles. The second-order valence-electron chi connectivity index (χ2n) is 6.48. The van der Waals surface area contributed by atoms with E-state index in [1.807, 2.05) is 25.1 Å². The highest BCUT2D eigenvalue weighted by molar-refractivity contribution is 7.97. The number of para-hydroxylation sites is 3. The number of nitrogens with zero attached hydrogens (tertiary/aromatic N) is 1. The van der Waals surface area contributed by atoms with Gasteiger partial charge in [-0.05, 0) is 55.0 Å². The van der Waals surface area contributed by atoms with E-state index in [0.717, 1.165) is 0 Å². The minimum absolute atomic E-state index is 0.210. The predicted octanol–water partition coefficient (Wildman–Crippen LogP) is 5.19. The van der Waals surface area contributed by atoms with Crippen LogP contribution in [0.4, 0.5) is 5.69 Å². The second kappa shape index (κ2) is 10.4. The molecule has 3 rings (SSSR count). The van der Waals surface area contributed by atoms with Crippen molar-refractivity contribution in [2.24, 2.45) is 0 Å². The van der Waals surface area contributed by atoms with E-state index in [9.17, 15) is 13.7 Å². The number of methoxy groups -OCH3 is 1. The molecule has 7 nitrogen and oxygen atoms in total. The van der Waals surface area contributed by atoms with E-state index in [0.29, 0.717) is 35.2 Å². The molecule has 0 atom stereocenters. The van der Waals surface area contributed by atoms with Crippen LogP contribution in [0.3, 0.4) is 0 Å². The van der Waals surface area contributed by atoms with Gasteiger partial charge in [0.05, 0.1) is 19.4 Å². The van der Waals surface area contributed by atoms with E-state index >= 15 is 0 Å². The van der Waals surface area contributed by atoms with E-state index < -0.39 is 14.9 Å². The SMILES string of the molecule is CCOc1ccc(C=C(C#N)S(=O)(=O)Nc2ccccc2Oc2ccccc2)cc1OC. The number of nitriles is 1. The van der Waals surface area contributed by atoms with Crippen LogP contribution in [0, 0.1) is 11.3 Å². The first-order valence-electron chi connectivity index (χ1n) is 9.74. The summed E-state index contributed by atoms with van der Waals surface area (Å²) in [6.07, 6.45) is 1.27. The molecule has 32 heavy (non-hydrogen) atoms. The zero-order chi connectivity index (χ0) is 23.0. The van der Waals surface area contributed by atoms with Gasteiger partial charge in [0.25, 0.3) is 10.0 Å². The topological polar surface area (TPSA) is 97.7 Å². The van der Waals surface area contributed by atoms with Gasteiger partial charge in [-0.1, -0.05) is 36.4 Å². The summed E-state index contributed by atoms with van der Waals surface area (Å²) in [7, 11) is -2.70. The van der Waals surface area contributed by atoms with Crippen molar-refractivity contribution in [3.63, 3.8) is 0 Å². The largest absolute Gasteiger partial charge is 0.493 e. The first-order chi connectivity index (χ1) is 15.5. The first kappa shape index (κ1) is 22.7. The molecule has 0 aromatic heterocycles. The Bertz CT molecular complexity index is 1250. The molecule has 0 aliphatic heterocycles. The molecule has 0 amide bonds. The van der Waals surface area contributed by atoms with Crippen molar-refractivity contribution in [3.05, 3.63) is 83.3 Å². The van der Waals surface area contributed by atoms with E-state index in [2.05, 4.69) is 4.72 Å². The molecule has 0 unspecified atom stereocenters. The third-order valence-electron chi connectivity index (χ3n) is 4.29. The third-order valence-corrected chi connectivity index (χ3v) is 5.56. The van der Waals surface area contributed by atoms with Crippen molar-refractivity contribution in [2.75, 3.05) is 18.4 Å². The Labute approximate surface area is 187 Å². The van der Waals surface area contributed by atoms with Gasteiger partial charge in [-0.3, -0.25) is 4.72 Å². The number of rotatable bonds is 9. The Morgan fingerprint density at radius 3 is 2.41 bits per heavy atom. The first-order valence-corrected chi connectivity index (χ1v) is 11.2. The molecule has 8 heteroatoms. The average Bonchev–Trinajstić information content (AvgIpc) is 2.80. The Morgan fingerprint density at radius 1 is 1.00 bits per heavy atom. The average molecular weight is 451 g/mol. The highest BCUT2D eigenvalue weighted by Crippen LogP contribution is 2.32. The molecule has 0 aliphatic rings. The van der Waals surface area contributed by atoms with Gasteiger partial charge in [-0.25, -0.2) is 8.42 Å². The lowest BCUT2D eigenvalue weighted by atomic mass is 10.2. The van der Waals surface area contributed by atoms with Crippen LogP contribution in [0.15, 0.2) is 77.7 Å². The van der Waals surface area contributed by atoms with E-state index in [1.54, 1.807) is 60.7 Å². The molecule has 0 spiro atoms. The maximum atomic E-state index is 13.0. The fourth-order valence-corrected chi connectivity index (χ4v) is 3.80. The minimum Gasteiger partial charge on any atom is -0.493 e. The summed E-state index contributed by atoms with van der Waals surface area (Å²) in [4.78, 5) is -0.460. The normalized spacial score (nSPS) is 11.3. The summed E-state index contributed by atoms with van der Waals surface area (Å²) in [6.45, 7) is 2.30. The van der Waals surface area contributed by atoms with Crippen LogP contribution >= 0.6 is 0 Å². The Balaban J connectivity index is 1.90. The molecule has 164 valence electrons. The van der Waals surface area contributed by atoms with Gasteiger partial charge >= 0.3 is 0 Å². The number of benzene rings is 3. The lowest BCUT2D eigenvalue weighted by Gasteiger charge is -2.13. The highest BCUT2D eigenvalue weighted by Gasteiger charge is 2.20. The fourth-order valence-electron chi connectivity index (χ4n) is 2.83. The second-order valence-corrected chi connectivity index (χ2v) is 8.13. The summed E-state index contributed by atoms with van der Waals surface area (Å²) >= 11 is 0. The maximum Gasteiger partial charge on any atom is 0.272 e. The molecule has 0 aliphatic carbocycles. The lowest BCUT2D eigenvalue weighted by Crippen LogP contribution is -2.14. The van der Waals surface area contributed by atoms with Gasteiger partial charge < -0.3 is 14.2 Å². The van der Waals surface area contributed by atoms with Crippen LogP contribution < -0.4 is 18.9 Å². The summed E-state index contributed by atoms with van der Waals surface area (Å²) in [5.41, 5.74) is 0.683. The smallest absolute Gasteiger partial charge is 0.272 e. The molecule has 0 radical (unpaired) electrons. The summed E-state index contributed by atoms with van der Waals surface area (Å²) in [5, 5.41) is 9.55. The van der Waals surface area contributed by atoms with Crippen molar-refractivity contribution >= 4 is 21.8 Å². The summed E-state index contributed by atoms with van der Waals surface area (Å²) in [6, 6.07) is 22.2. The van der Waals surface area contributed by atoms with E-state index in [1.165, 1.54) is 13.2 Å². The van der Waals surface area contributed by atoms with Crippen LogP contribution in [0.1, 0.15) is 12.5 Å². The number of hydrogen-bond donors (Lipinski definition) is 1. The zero-order valence-corrected chi connectivity index (χ0v) is 18.4. The minimum atomic E-state index is -4.18. The van der Waals surface area contributed by atoms with Crippen LogP contribution in [0.2, 0.25) is 0 Å². The summed E-state index contributed by atoms with van der Waals surface area (Å²) < 4.78 is 44.9. The van der Waals surface area contributed by atoms with Gasteiger partial charge in [-0.15, -0.1) is 0 Å². The molecule has 0 saturated carbocycles. The van der Waals surface area contributed by atoms with E-state index in [-0.39, 0.29) is 5.69 Å². The van der Waals surface area contributed by atoms with Gasteiger partial charge in [-0.2, -0.15) is 5.26 Å². The standard InChI is InChI=1S/C24H22N2O5S/c1-3-30-23-14-13-18(16-24(23)29-2)15-20(17-25)32(27,28)26-21-11-7-8-12-22(21)31-19-9-5-4-6-10-19/h4-16,26H,3H2,1-2H3. The Kier molecular flexibility index (Phi) is 7.37. The Morgan fingerprint density at radius 2 is 1.72 bits per heavy atom. The molecular weight excluding hydrogens is 428 g/mol. The van der Waals surface area contributed by atoms with Crippen LogP contribution in [0.5, 0.6) is 23.0 Å². The maximum absolute atomic E-state index is 13.0. The number of sulfonamides is 1. The molecule has 0 fully saturated rings. The van der Waals surface area contributed by atoms with Crippen LogP contribution in [-0.4, -0.2) is 22.1 Å². The quantitative estimate of drug-likeness (QED) is 0.451. The van der Waals surface area contributed by atoms with Gasteiger partial charge in [0.1, 0.15) is 11.8 Å². The number of nitrogens with one attached hydrogen (secondary N) is 1. The van der Waals surface area contributed by atoms with Gasteiger partial charge in [0.15, 0.2) is 22.2 Å². The molecule has 1 N–H and O–H groups in total. The number of ether oxygens (including phenoxy) is 3. The molecule has 3 aromatic carbocycles. The molecule has 0 bridgehead atoms. The third kappa shape index (κ3) is 5.59. The fraction of sp³-hybridized carbons (Fsp3) is 0.125. The van der Waals surface area contributed by atoms with Crippen molar-refractivity contribution in [1.29, 1.82) is 5.26 Å². The van der Waals surface area contributed by atoms with Gasteiger partial charge in [0, 0.05) is 0 Å². The van der Waals surface area contributed by atoms with E-state index in [4.69, 9.17) is 14.2 Å². The number of allylic oxidation sites excluding steroid dienone is 1. The molecule has 3 aromatic rings. The van der Waals surface area contributed by atoms with Crippen LogP contribution in [-0.2, 0) is 10.0 Å². The Hall–Kier alpha value is -3.96. The lowest BCUT2D eigenvalue weighted by molar-refractivity contribution is 0.311. The van der Waals surface area contributed by atoms with Gasteiger partial charge in [0.2, 0.25) is 0 Å². The van der Waals surface area contributed by atoms with Crippen molar-refractivity contribution in [3.8, 4) is 29.1 Å². The monoisotopic (exact) mass is 450 g/mol. The predicted molar refractivity (Wildman–Crippen MR) is 123 cm³/mol. The number of anilines is 1. The zero-order valence-electron chi connectivity index (χ0n) is 17.6. The van der Waals surface area contributed by atoms with Crippen molar-refractivity contribution in [2.45, 2.75) is 6.92 Å². The summed E-state index contributed by atoms with van der Waals surface area (Å²) in [5.74, 6) is 1.82. The molecular formula is C24H22N2O5S. The van der Waals surface area contributed by atoms with Crippen LogP contribution in [0.25, 0.3) is 6.08 Å². The molecule has 0 saturated heterocycles. The highest BCUT2D eigenvalue weighted by atomic mass is 32.2. The van der Waals surface area contributed by atoms with Crippen molar-refractivity contribution in [1.82, 2.24) is 0 Å².